The normalized spacial score (nSPS) is 18.9. The van der Waals surface area contributed by atoms with E-state index in [4.69, 9.17) is 24.7 Å². The van der Waals surface area contributed by atoms with E-state index in [9.17, 15) is 8.78 Å². The molecule has 0 aliphatic carbocycles. The third-order valence-electron chi connectivity index (χ3n) is 5.82. The van der Waals surface area contributed by atoms with Crippen LogP contribution in [0.15, 0.2) is 54.2 Å². The zero-order valence-corrected chi connectivity index (χ0v) is 20.7. The summed E-state index contributed by atoms with van der Waals surface area (Å²) >= 11 is 1.53. The zero-order valence-electron chi connectivity index (χ0n) is 19.9. The maximum absolute atomic E-state index is 14.2. The molecule has 6 rings (SSSR count). The summed E-state index contributed by atoms with van der Waals surface area (Å²) < 4.78 is 49.1. The second-order valence-electron chi connectivity index (χ2n) is 8.47. The van der Waals surface area contributed by atoms with E-state index in [2.05, 4.69) is 15.3 Å². The Morgan fingerprint density at radius 1 is 0.892 bits per heavy atom. The Kier molecular flexibility index (Phi) is 7.93. The van der Waals surface area contributed by atoms with E-state index in [-0.39, 0.29) is 23.7 Å². The van der Waals surface area contributed by atoms with Gasteiger partial charge in [-0.15, -0.1) is 11.3 Å². The van der Waals surface area contributed by atoms with E-state index in [1.165, 1.54) is 29.8 Å². The molecule has 37 heavy (non-hydrogen) atoms. The van der Waals surface area contributed by atoms with E-state index in [0.29, 0.717) is 43.6 Å². The smallest absolute Gasteiger partial charge is 0.178 e. The van der Waals surface area contributed by atoms with Crippen LogP contribution in [0.5, 0.6) is 11.5 Å². The number of aromatic nitrogens is 2. The Balaban J connectivity index is 0.000000171. The van der Waals surface area contributed by atoms with Crippen molar-refractivity contribution in [1.29, 1.82) is 0 Å². The number of nitrogens with zero attached hydrogens (tertiary/aromatic N) is 2. The molecule has 2 saturated heterocycles. The Bertz CT molecular complexity index is 1320. The number of anilines is 3. The van der Waals surface area contributed by atoms with Crippen molar-refractivity contribution in [2.24, 2.45) is 0 Å². The Morgan fingerprint density at radius 2 is 1.57 bits per heavy atom. The number of nitrogen functional groups attached to an aromatic ring is 1. The lowest BCUT2D eigenvalue weighted by Crippen LogP contribution is -2.17. The molecule has 2 aromatic heterocycles. The number of para-hydroxylation sites is 2. The zero-order chi connectivity index (χ0) is 25.6. The Labute approximate surface area is 216 Å². The second kappa shape index (κ2) is 11.7. The summed E-state index contributed by atoms with van der Waals surface area (Å²) in [5.74, 6) is 0.150. The van der Waals surface area contributed by atoms with Crippen LogP contribution < -0.4 is 20.5 Å². The van der Waals surface area contributed by atoms with Crippen molar-refractivity contribution in [2.45, 2.75) is 25.0 Å². The third-order valence-corrected chi connectivity index (χ3v) is 6.64. The number of hydrogen-bond acceptors (Lipinski definition) is 9. The molecule has 2 aliphatic rings. The number of benzene rings is 2. The minimum absolute atomic E-state index is 0.0748. The fourth-order valence-corrected chi connectivity index (χ4v) is 4.67. The molecule has 4 aromatic rings. The number of ether oxygens (including phenoxy) is 4. The third kappa shape index (κ3) is 6.07. The van der Waals surface area contributed by atoms with Gasteiger partial charge in [0.25, 0.3) is 0 Å². The fourth-order valence-electron chi connectivity index (χ4n) is 3.94. The van der Waals surface area contributed by atoms with Gasteiger partial charge in [0.15, 0.2) is 23.1 Å². The maximum atomic E-state index is 14.2. The molecule has 2 atom stereocenters. The number of nitrogens with two attached hydrogens (primary N) is 1. The number of hydrogen-bond donors (Lipinski definition) is 2. The molecule has 8 nitrogen and oxygen atoms in total. The standard InChI is InChI=1S/C16H14FN3O2S.C10H12FNO2/c17-12-2-1-3-13(14(12)22-10-4-6-21-8-10)20-15-11-5-7-23-16(11)19-9-18-15;11-8-2-1-3-9(12)10(8)14-7-4-5-13-6-7/h1-3,5,7,9-10H,4,6,8H2,(H,18,19,20);1-3,7H,4-6,12H2. The first kappa shape index (κ1) is 25.1. The van der Waals surface area contributed by atoms with Crippen LogP contribution in [0.2, 0.25) is 0 Å². The van der Waals surface area contributed by atoms with Crippen LogP contribution in [-0.2, 0) is 9.47 Å². The first-order valence-electron chi connectivity index (χ1n) is 11.8. The van der Waals surface area contributed by atoms with Gasteiger partial charge in [0, 0.05) is 12.8 Å². The number of fused-ring (bicyclic) bond motifs is 1. The molecule has 11 heteroatoms. The van der Waals surface area contributed by atoms with Crippen LogP contribution in [-0.4, -0.2) is 48.6 Å². The summed E-state index contributed by atoms with van der Waals surface area (Å²) in [6.45, 7) is 2.30. The molecule has 4 heterocycles. The van der Waals surface area contributed by atoms with E-state index >= 15 is 0 Å². The van der Waals surface area contributed by atoms with Gasteiger partial charge in [-0.3, -0.25) is 0 Å². The van der Waals surface area contributed by atoms with Gasteiger partial charge < -0.3 is 30.0 Å². The van der Waals surface area contributed by atoms with Crippen LogP contribution in [0.3, 0.4) is 0 Å². The predicted molar refractivity (Wildman–Crippen MR) is 138 cm³/mol. The molecule has 0 bridgehead atoms. The summed E-state index contributed by atoms with van der Waals surface area (Å²) in [6.07, 6.45) is 2.84. The Morgan fingerprint density at radius 3 is 2.24 bits per heavy atom. The van der Waals surface area contributed by atoms with Gasteiger partial charge in [0.1, 0.15) is 29.2 Å². The average molecular weight is 529 g/mol. The van der Waals surface area contributed by atoms with Gasteiger partial charge in [0.05, 0.1) is 43.2 Å². The van der Waals surface area contributed by atoms with Crippen LogP contribution in [0, 0.1) is 11.6 Å². The molecular weight excluding hydrogens is 502 g/mol. The summed E-state index contributed by atoms with van der Waals surface area (Å²) in [5, 5.41) is 6.01. The lowest BCUT2D eigenvalue weighted by atomic mass is 10.2. The monoisotopic (exact) mass is 528 g/mol. The number of thiophene rings is 1. The lowest BCUT2D eigenvalue weighted by Gasteiger charge is -2.17. The number of halogens is 2. The van der Waals surface area contributed by atoms with Crippen molar-refractivity contribution >= 4 is 38.7 Å². The maximum Gasteiger partial charge on any atom is 0.178 e. The first-order valence-corrected chi connectivity index (χ1v) is 12.7. The van der Waals surface area contributed by atoms with Gasteiger partial charge in [-0.2, -0.15) is 0 Å². The molecule has 0 saturated carbocycles. The molecule has 0 amide bonds. The van der Waals surface area contributed by atoms with Crippen LogP contribution >= 0.6 is 11.3 Å². The van der Waals surface area contributed by atoms with Crippen molar-refractivity contribution in [3.05, 3.63) is 65.8 Å². The van der Waals surface area contributed by atoms with E-state index in [1.807, 2.05) is 11.4 Å². The first-order chi connectivity index (χ1) is 18.1. The minimum Gasteiger partial charge on any atom is -0.483 e. The van der Waals surface area contributed by atoms with Crippen molar-refractivity contribution in [2.75, 3.05) is 37.5 Å². The highest BCUT2D eigenvalue weighted by Gasteiger charge is 2.22. The minimum atomic E-state index is -0.420. The summed E-state index contributed by atoms with van der Waals surface area (Å²) in [6, 6.07) is 11.2. The molecule has 2 fully saturated rings. The number of nitrogens with one attached hydrogen (secondary N) is 1. The van der Waals surface area contributed by atoms with E-state index in [0.717, 1.165) is 23.1 Å². The van der Waals surface area contributed by atoms with Crippen molar-refractivity contribution < 1.29 is 27.7 Å². The van der Waals surface area contributed by atoms with Crippen molar-refractivity contribution in [3.8, 4) is 11.5 Å². The highest BCUT2D eigenvalue weighted by atomic mass is 32.1. The molecule has 0 spiro atoms. The van der Waals surface area contributed by atoms with Gasteiger partial charge >= 0.3 is 0 Å². The molecule has 2 aromatic carbocycles. The van der Waals surface area contributed by atoms with Crippen LogP contribution in [0.1, 0.15) is 12.8 Å². The highest BCUT2D eigenvalue weighted by molar-refractivity contribution is 7.16. The largest absolute Gasteiger partial charge is 0.483 e. The summed E-state index contributed by atoms with van der Waals surface area (Å²) in [5.41, 5.74) is 6.47. The summed E-state index contributed by atoms with van der Waals surface area (Å²) in [7, 11) is 0. The van der Waals surface area contributed by atoms with Crippen molar-refractivity contribution in [3.63, 3.8) is 0 Å². The molecule has 0 radical (unpaired) electrons. The molecular formula is C26H26F2N4O4S. The highest BCUT2D eigenvalue weighted by Crippen LogP contribution is 2.34. The van der Waals surface area contributed by atoms with Gasteiger partial charge in [-0.05, 0) is 35.7 Å². The number of rotatable bonds is 6. The van der Waals surface area contributed by atoms with E-state index < -0.39 is 11.6 Å². The Hall–Kier alpha value is -3.54. The molecule has 2 unspecified atom stereocenters. The predicted octanol–water partition coefficient (Wildman–Crippen LogP) is 5.32. The van der Waals surface area contributed by atoms with Crippen molar-refractivity contribution in [1.82, 2.24) is 9.97 Å². The average Bonchev–Trinajstić information content (AvgIpc) is 3.68. The van der Waals surface area contributed by atoms with Gasteiger partial charge in [-0.25, -0.2) is 18.7 Å². The SMILES string of the molecule is Fc1cccc(Nc2ncnc3sccc23)c1OC1CCOC1.Nc1cccc(F)c1OC1CCOC1. The lowest BCUT2D eigenvalue weighted by molar-refractivity contribution is 0.138. The van der Waals surface area contributed by atoms with Gasteiger partial charge in [-0.1, -0.05) is 12.1 Å². The van der Waals surface area contributed by atoms with Crippen LogP contribution in [0.4, 0.5) is 26.0 Å². The molecule has 194 valence electrons. The van der Waals surface area contributed by atoms with E-state index in [1.54, 1.807) is 24.3 Å². The quantitative estimate of drug-likeness (QED) is 0.325. The molecule has 3 N–H and O–H groups in total. The van der Waals surface area contributed by atoms with Crippen LogP contribution in [0.25, 0.3) is 10.2 Å². The van der Waals surface area contributed by atoms with Gasteiger partial charge in [0.2, 0.25) is 0 Å². The fraction of sp³-hybridized carbons (Fsp3) is 0.308. The summed E-state index contributed by atoms with van der Waals surface area (Å²) in [4.78, 5) is 9.35. The topological polar surface area (TPSA) is 101 Å². The second-order valence-corrected chi connectivity index (χ2v) is 9.36. The molecule has 2 aliphatic heterocycles.